The van der Waals surface area contributed by atoms with Crippen LogP contribution in [0.4, 0.5) is 18.9 Å². The molecule has 4 aromatic rings. The van der Waals surface area contributed by atoms with E-state index in [1.807, 2.05) is 0 Å². The van der Waals surface area contributed by atoms with Gasteiger partial charge in [0.15, 0.2) is 5.69 Å². The van der Waals surface area contributed by atoms with Crippen molar-refractivity contribution in [3.8, 4) is 5.69 Å². The Morgan fingerprint density at radius 3 is 2.66 bits per heavy atom. The molecule has 0 saturated carbocycles. The summed E-state index contributed by atoms with van der Waals surface area (Å²) in [6, 6.07) is 12.2. The van der Waals surface area contributed by atoms with E-state index in [2.05, 4.69) is 20.4 Å². The SMILES string of the molecule is CC(Cc1cc(C(F)(F)F)nn1-c1cccc(Cl)c1)C(=O)Nc1cccc2[nH]c(=O)[nH]c12. The van der Waals surface area contributed by atoms with Crippen molar-refractivity contribution in [2.75, 3.05) is 5.32 Å². The number of nitrogens with one attached hydrogen (secondary N) is 3. The highest BCUT2D eigenvalue weighted by Gasteiger charge is 2.35. The quantitative estimate of drug-likeness (QED) is 0.405. The molecule has 3 N–H and O–H groups in total. The lowest BCUT2D eigenvalue weighted by molar-refractivity contribution is -0.141. The Kier molecular flexibility index (Phi) is 5.55. The van der Waals surface area contributed by atoms with E-state index < -0.39 is 29.4 Å². The van der Waals surface area contributed by atoms with Crippen LogP contribution in [0.5, 0.6) is 0 Å². The highest BCUT2D eigenvalue weighted by atomic mass is 35.5. The number of halogens is 4. The van der Waals surface area contributed by atoms with Crippen LogP contribution < -0.4 is 11.0 Å². The Hall–Kier alpha value is -3.53. The fraction of sp³-hybridized carbons (Fsp3) is 0.190. The number of hydrogen-bond acceptors (Lipinski definition) is 3. The number of fused-ring (bicyclic) bond motifs is 1. The summed E-state index contributed by atoms with van der Waals surface area (Å²) >= 11 is 5.98. The number of anilines is 1. The minimum atomic E-state index is -4.64. The van der Waals surface area contributed by atoms with E-state index in [-0.39, 0.29) is 12.1 Å². The minimum Gasteiger partial charge on any atom is -0.324 e. The van der Waals surface area contributed by atoms with Gasteiger partial charge in [-0.25, -0.2) is 9.48 Å². The zero-order valence-corrected chi connectivity index (χ0v) is 17.4. The third-order valence-corrected chi connectivity index (χ3v) is 5.13. The van der Waals surface area contributed by atoms with Crippen molar-refractivity contribution >= 4 is 34.2 Å². The van der Waals surface area contributed by atoms with Crippen LogP contribution in [0.2, 0.25) is 5.02 Å². The van der Waals surface area contributed by atoms with Gasteiger partial charge in [0, 0.05) is 23.1 Å². The third-order valence-electron chi connectivity index (χ3n) is 4.90. The van der Waals surface area contributed by atoms with Gasteiger partial charge >= 0.3 is 11.9 Å². The minimum absolute atomic E-state index is 0.0128. The summed E-state index contributed by atoms with van der Waals surface area (Å²) in [4.78, 5) is 29.5. The number of rotatable bonds is 5. The monoisotopic (exact) mass is 463 g/mol. The first-order chi connectivity index (χ1) is 15.1. The van der Waals surface area contributed by atoms with E-state index in [0.717, 1.165) is 10.7 Å². The number of amides is 1. The van der Waals surface area contributed by atoms with E-state index in [1.165, 1.54) is 6.07 Å². The van der Waals surface area contributed by atoms with Crippen LogP contribution in [0, 0.1) is 5.92 Å². The van der Waals surface area contributed by atoms with E-state index in [1.54, 1.807) is 43.3 Å². The van der Waals surface area contributed by atoms with Crippen LogP contribution in [0.25, 0.3) is 16.7 Å². The summed E-state index contributed by atoms with van der Waals surface area (Å²) in [7, 11) is 0. The molecule has 7 nitrogen and oxygen atoms in total. The highest BCUT2D eigenvalue weighted by molar-refractivity contribution is 6.30. The molecule has 0 aliphatic heterocycles. The van der Waals surface area contributed by atoms with Gasteiger partial charge < -0.3 is 15.3 Å². The number of imidazole rings is 1. The van der Waals surface area contributed by atoms with Gasteiger partial charge in [-0.3, -0.25) is 4.79 Å². The molecule has 2 heterocycles. The normalized spacial score (nSPS) is 12.8. The van der Waals surface area contributed by atoms with Gasteiger partial charge in [-0.1, -0.05) is 30.7 Å². The van der Waals surface area contributed by atoms with Crippen molar-refractivity contribution in [2.24, 2.45) is 5.92 Å². The second-order valence-electron chi connectivity index (χ2n) is 7.31. The average molecular weight is 464 g/mol. The van der Waals surface area contributed by atoms with Crippen LogP contribution in [-0.2, 0) is 17.4 Å². The van der Waals surface area contributed by atoms with Crippen molar-refractivity contribution < 1.29 is 18.0 Å². The molecule has 0 radical (unpaired) electrons. The van der Waals surface area contributed by atoms with E-state index in [0.29, 0.717) is 27.4 Å². The number of nitrogens with zero attached hydrogens (tertiary/aromatic N) is 2. The standard InChI is InChI=1S/C21H17ClF3N5O2/c1-11(19(31)26-15-6-3-7-16-18(15)28-20(32)27-16)8-14-10-17(21(23,24)25)29-30(14)13-5-2-4-12(22)9-13/h2-7,9-11H,8H2,1H3,(H,26,31)(H2,27,28,32). The van der Waals surface area contributed by atoms with Crippen LogP contribution >= 0.6 is 11.6 Å². The first-order valence-corrected chi connectivity index (χ1v) is 9.93. The molecule has 0 aliphatic rings. The summed E-state index contributed by atoms with van der Waals surface area (Å²) in [5.41, 5.74) is 0.420. The van der Waals surface area contributed by atoms with Crippen molar-refractivity contribution in [1.82, 2.24) is 19.7 Å². The molecule has 1 amide bonds. The van der Waals surface area contributed by atoms with E-state index in [4.69, 9.17) is 11.6 Å². The number of alkyl halides is 3. The number of hydrogen-bond donors (Lipinski definition) is 3. The molecule has 0 aliphatic carbocycles. The molecule has 166 valence electrons. The molecule has 4 rings (SSSR count). The first-order valence-electron chi connectivity index (χ1n) is 9.56. The molecule has 0 spiro atoms. The number of carbonyl (C=O) groups excluding carboxylic acids is 1. The van der Waals surface area contributed by atoms with Crippen molar-refractivity contribution in [3.63, 3.8) is 0 Å². The molecule has 11 heteroatoms. The topological polar surface area (TPSA) is 95.6 Å². The Bertz CT molecular complexity index is 1360. The summed E-state index contributed by atoms with van der Waals surface area (Å²) in [5.74, 6) is -1.13. The number of para-hydroxylation sites is 1. The largest absolute Gasteiger partial charge is 0.435 e. The summed E-state index contributed by atoms with van der Waals surface area (Å²) in [6.45, 7) is 1.60. The maximum absolute atomic E-state index is 13.3. The van der Waals surface area contributed by atoms with Gasteiger partial charge in [0.2, 0.25) is 5.91 Å². The van der Waals surface area contributed by atoms with Gasteiger partial charge in [-0.15, -0.1) is 0 Å². The predicted octanol–water partition coefficient (Wildman–Crippen LogP) is 4.53. The van der Waals surface area contributed by atoms with Crippen molar-refractivity contribution in [1.29, 1.82) is 0 Å². The van der Waals surface area contributed by atoms with Gasteiger partial charge in [0.25, 0.3) is 0 Å². The molecule has 2 aromatic heterocycles. The number of H-pyrrole nitrogens is 2. The first kappa shape index (κ1) is 21.7. The fourth-order valence-corrected chi connectivity index (χ4v) is 3.54. The zero-order valence-electron chi connectivity index (χ0n) is 16.6. The molecule has 32 heavy (non-hydrogen) atoms. The Morgan fingerprint density at radius 2 is 1.94 bits per heavy atom. The lowest BCUT2D eigenvalue weighted by Crippen LogP contribution is -2.23. The molecule has 2 aromatic carbocycles. The highest BCUT2D eigenvalue weighted by Crippen LogP contribution is 2.31. The summed E-state index contributed by atoms with van der Waals surface area (Å²) in [6.07, 6.45) is -4.65. The zero-order chi connectivity index (χ0) is 23.0. The van der Waals surface area contributed by atoms with Gasteiger partial charge in [0.1, 0.15) is 0 Å². The molecule has 0 saturated heterocycles. The average Bonchev–Trinajstić information content (AvgIpc) is 3.31. The molecule has 0 bridgehead atoms. The van der Waals surface area contributed by atoms with Crippen LogP contribution in [0.3, 0.4) is 0 Å². The predicted molar refractivity (Wildman–Crippen MR) is 114 cm³/mol. The van der Waals surface area contributed by atoms with Crippen LogP contribution in [0.15, 0.2) is 53.3 Å². The molecular weight excluding hydrogens is 447 g/mol. The Morgan fingerprint density at radius 1 is 1.19 bits per heavy atom. The Balaban J connectivity index is 1.62. The maximum atomic E-state index is 13.3. The van der Waals surface area contributed by atoms with Crippen molar-refractivity contribution in [3.05, 3.63) is 75.4 Å². The second kappa shape index (κ2) is 8.19. The van der Waals surface area contributed by atoms with Crippen LogP contribution in [-0.4, -0.2) is 25.7 Å². The second-order valence-corrected chi connectivity index (χ2v) is 7.75. The lowest BCUT2D eigenvalue weighted by atomic mass is 10.0. The Labute approximate surface area is 184 Å². The summed E-state index contributed by atoms with van der Waals surface area (Å²) < 4.78 is 41.0. The molecular formula is C21H17ClF3N5O2. The molecule has 1 atom stereocenters. The number of benzene rings is 2. The van der Waals surface area contributed by atoms with Gasteiger partial charge in [0.05, 0.1) is 22.4 Å². The number of carbonyl (C=O) groups is 1. The fourth-order valence-electron chi connectivity index (χ4n) is 3.36. The van der Waals surface area contributed by atoms with Crippen LogP contribution in [0.1, 0.15) is 18.3 Å². The molecule has 1 unspecified atom stereocenters. The third kappa shape index (κ3) is 4.40. The van der Waals surface area contributed by atoms with Crippen molar-refractivity contribution in [2.45, 2.75) is 19.5 Å². The lowest BCUT2D eigenvalue weighted by Gasteiger charge is -2.14. The van der Waals surface area contributed by atoms with Gasteiger partial charge in [-0.05, 0) is 36.4 Å². The number of aromatic nitrogens is 4. The van der Waals surface area contributed by atoms with Gasteiger partial charge in [-0.2, -0.15) is 18.3 Å². The number of aromatic amines is 2. The summed E-state index contributed by atoms with van der Waals surface area (Å²) in [5, 5.41) is 6.76. The smallest absolute Gasteiger partial charge is 0.324 e. The maximum Gasteiger partial charge on any atom is 0.435 e. The molecule has 0 fully saturated rings. The van der Waals surface area contributed by atoms with E-state index >= 15 is 0 Å². The van der Waals surface area contributed by atoms with E-state index in [9.17, 15) is 22.8 Å².